The van der Waals surface area contributed by atoms with E-state index < -0.39 is 35.8 Å². The summed E-state index contributed by atoms with van der Waals surface area (Å²) in [6.07, 6.45) is 0. The van der Waals surface area contributed by atoms with Crippen LogP contribution in [-0.4, -0.2) is 60.6 Å². The Bertz CT molecular complexity index is 922. The Balaban J connectivity index is 0.00000220. The number of nitrogen functional groups attached to an aromatic ring is 1. The van der Waals surface area contributed by atoms with Gasteiger partial charge in [0.25, 0.3) is 20.2 Å². The Kier molecular flexibility index (Phi) is 4.95. The first kappa shape index (κ1) is 18.2. The van der Waals surface area contributed by atoms with Crippen LogP contribution in [0.25, 0.3) is 10.8 Å². The molecule has 0 saturated carbocycles. The molecule has 0 fully saturated rings. The van der Waals surface area contributed by atoms with Gasteiger partial charge in [0.05, 0.1) is 4.90 Å². The summed E-state index contributed by atoms with van der Waals surface area (Å²) >= 11 is 0. The van der Waals surface area contributed by atoms with Crippen LogP contribution in [0.5, 0.6) is 5.75 Å². The van der Waals surface area contributed by atoms with Gasteiger partial charge in [0.2, 0.25) is 0 Å². The Morgan fingerprint density at radius 3 is 2.00 bits per heavy atom. The standard InChI is InChI=1S/C10H9NO7S2.Na/c11-7-1-2-9(20(16,17)18)6-3-5(19(13,14)15)4-8(12)10(6)7;/h1-4,12H,11H2,(H,13,14,15)(H,16,17,18);. The number of fused-ring (bicyclic) bond motifs is 1. The van der Waals surface area contributed by atoms with Gasteiger partial charge in [-0.3, -0.25) is 9.11 Å². The van der Waals surface area contributed by atoms with Gasteiger partial charge in [0.1, 0.15) is 10.6 Å². The molecule has 0 atom stereocenters. The van der Waals surface area contributed by atoms with Gasteiger partial charge in [0, 0.05) is 52.1 Å². The Hall–Kier alpha value is -0.880. The molecule has 0 aliphatic rings. The van der Waals surface area contributed by atoms with Gasteiger partial charge < -0.3 is 10.8 Å². The van der Waals surface area contributed by atoms with E-state index in [0.717, 1.165) is 24.3 Å². The maximum Gasteiger partial charge on any atom is 0.295 e. The fraction of sp³-hybridized carbons (Fsp3) is 0. The molecule has 0 amide bonds. The summed E-state index contributed by atoms with van der Waals surface area (Å²) in [5.74, 6) is -0.641. The van der Waals surface area contributed by atoms with Crippen molar-refractivity contribution in [2.45, 2.75) is 9.79 Å². The maximum absolute atomic E-state index is 11.3. The molecule has 11 heteroatoms. The average molecular weight is 342 g/mol. The molecule has 0 saturated heterocycles. The van der Waals surface area contributed by atoms with Gasteiger partial charge in [-0.05, 0) is 18.2 Å². The molecule has 0 aliphatic carbocycles. The zero-order valence-electron chi connectivity index (χ0n) is 10.7. The molecular weight excluding hydrogens is 333 g/mol. The van der Waals surface area contributed by atoms with E-state index in [0.29, 0.717) is 0 Å². The molecule has 0 heterocycles. The Morgan fingerprint density at radius 2 is 1.52 bits per heavy atom. The van der Waals surface area contributed by atoms with Gasteiger partial charge >= 0.3 is 0 Å². The third kappa shape index (κ3) is 3.48. The second-order valence-corrected chi connectivity index (χ2v) is 6.78. The van der Waals surface area contributed by atoms with E-state index >= 15 is 0 Å². The van der Waals surface area contributed by atoms with Crippen molar-refractivity contribution in [3.05, 3.63) is 24.3 Å². The molecule has 21 heavy (non-hydrogen) atoms. The molecule has 1 radical (unpaired) electrons. The van der Waals surface area contributed by atoms with Gasteiger partial charge in [-0.1, -0.05) is 0 Å². The van der Waals surface area contributed by atoms with Crippen LogP contribution in [0.4, 0.5) is 5.69 Å². The van der Waals surface area contributed by atoms with Crippen molar-refractivity contribution in [1.29, 1.82) is 0 Å². The summed E-state index contributed by atoms with van der Waals surface area (Å²) in [6.45, 7) is 0. The molecule has 0 aromatic heterocycles. The van der Waals surface area contributed by atoms with E-state index in [4.69, 9.17) is 14.8 Å². The molecule has 0 bridgehead atoms. The monoisotopic (exact) mass is 342 g/mol. The van der Waals surface area contributed by atoms with Crippen molar-refractivity contribution in [3.8, 4) is 5.75 Å². The van der Waals surface area contributed by atoms with Gasteiger partial charge in [-0.2, -0.15) is 16.8 Å². The predicted octanol–water partition coefficient (Wildman–Crippen LogP) is 0.240. The molecule has 109 valence electrons. The Morgan fingerprint density at radius 1 is 0.952 bits per heavy atom. The van der Waals surface area contributed by atoms with E-state index in [2.05, 4.69) is 0 Å². The normalized spacial score (nSPS) is 12.1. The van der Waals surface area contributed by atoms with Gasteiger partial charge in [0.15, 0.2) is 0 Å². The largest absolute Gasteiger partial charge is 0.507 e. The van der Waals surface area contributed by atoms with Gasteiger partial charge in [-0.15, -0.1) is 0 Å². The number of aromatic hydroxyl groups is 1. The number of phenols is 1. The van der Waals surface area contributed by atoms with Crippen LogP contribution in [0.1, 0.15) is 0 Å². The molecule has 0 spiro atoms. The summed E-state index contributed by atoms with van der Waals surface area (Å²) in [6, 6.07) is 3.62. The van der Waals surface area contributed by atoms with Crippen molar-refractivity contribution in [2.24, 2.45) is 0 Å². The number of hydrogen-bond donors (Lipinski definition) is 4. The van der Waals surface area contributed by atoms with Crippen molar-refractivity contribution >= 4 is 66.3 Å². The van der Waals surface area contributed by atoms with Crippen molar-refractivity contribution in [1.82, 2.24) is 0 Å². The summed E-state index contributed by atoms with van der Waals surface area (Å²) in [4.78, 5) is -1.36. The maximum atomic E-state index is 11.3. The van der Waals surface area contributed by atoms with Crippen LogP contribution < -0.4 is 5.73 Å². The van der Waals surface area contributed by atoms with Crippen LogP contribution >= 0.6 is 0 Å². The summed E-state index contributed by atoms with van der Waals surface area (Å²) in [7, 11) is -9.34. The van der Waals surface area contributed by atoms with Crippen LogP contribution in [0.15, 0.2) is 34.1 Å². The third-order valence-corrected chi connectivity index (χ3v) is 4.38. The van der Waals surface area contributed by atoms with Crippen LogP contribution in [0.3, 0.4) is 0 Å². The van der Waals surface area contributed by atoms with Crippen LogP contribution in [-0.2, 0) is 20.2 Å². The molecular formula is C10H9NNaO7S2. The van der Waals surface area contributed by atoms with Crippen molar-refractivity contribution < 1.29 is 31.0 Å². The Labute approximate surface area is 142 Å². The molecule has 2 rings (SSSR count). The van der Waals surface area contributed by atoms with Crippen LogP contribution in [0, 0.1) is 0 Å². The molecule has 5 N–H and O–H groups in total. The minimum atomic E-state index is -4.67. The molecule has 2 aromatic carbocycles. The van der Waals surface area contributed by atoms with Crippen molar-refractivity contribution in [2.75, 3.05) is 5.73 Å². The topological polar surface area (TPSA) is 155 Å². The zero-order chi connectivity index (χ0) is 15.3. The SMILES string of the molecule is Nc1ccc(S(=O)(=O)O)c2cc(S(=O)(=O)O)cc(O)c12.[Na]. The molecule has 0 unspecified atom stereocenters. The fourth-order valence-corrected chi connectivity index (χ4v) is 3.02. The minimum absolute atomic E-state index is 0. The quantitative estimate of drug-likeness (QED) is 0.344. The average Bonchev–Trinajstić information content (AvgIpc) is 2.25. The third-order valence-electron chi connectivity index (χ3n) is 2.64. The first-order valence-electron chi connectivity index (χ1n) is 5.02. The summed E-state index contributed by atoms with van der Waals surface area (Å²) in [5, 5.41) is 9.29. The first-order valence-corrected chi connectivity index (χ1v) is 7.90. The smallest absolute Gasteiger partial charge is 0.295 e. The van der Waals surface area contributed by atoms with E-state index in [-0.39, 0.29) is 46.0 Å². The molecule has 8 nitrogen and oxygen atoms in total. The van der Waals surface area contributed by atoms with Crippen LogP contribution in [0.2, 0.25) is 0 Å². The van der Waals surface area contributed by atoms with E-state index in [1.54, 1.807) is 0 Å². The number of rotatable bonds is 2. The summed E-state index contributed by atoms with van der Waals surface area (Å²) in [5.41, 5.74) is 5.56. The fourth-order valence-electron chi connectivity index (χ4n) is 1.81. The molecule has 2 aromatic rings. The zero-order valence-corrected chi connectivity index (χ0v) is 14.3. The number of benzene rings is 2. The van der Waals surface area contributed by atoms with Crippen molar-refractivity contribution in [3.63, 3.8) is 0 Å². The molecule has 0 aliphatic heterocycles. The van der Waals surface area contributed by atoms with E-state index in [9.17, 15) is 21.9 Å². The second-order valence-electron chi connectivity index (χ2n) is 3.97. The minimum Gasteiger partial charge on any atom is -0.507 e. The van der Waals surface area contributed by atoms with Gasteiger partial charge in [-0.25, -0.2) is 0 Å². The number of phenolic OH excluding ortho intramolecular Hbond substituents is 1. The van der Waals surface area contributed by atoms with E-state index in [1.165, 1.54) is 0 Å². The predicted molar refractivity (Wildman–Crippen MR) is 75.4 cm³/mol. The number of nitrogens with two attached hydrogens (primary N) is 1. The number of anilines is 1. The first-order chi connectivity index (χ1) is 9.01. The second kappa shape index (κ2) is 5.72. The summed E-state index contributed by atoms with van der Waals surface area (Å²) < 4.78 is 62.7. The van der Waals surface area contributed by atoms with E-state index in [1.807, 2.05) is 0 Å². The number of hydrogen-bond acceptors (Lipinski definition) is 6.